The predicted molar refractivity (Wildman–Crippen MR) is 87.8 cm³/mol. The molecule has 22 heavy (non-hydrogen) atoms. The lowest BCUT2D eigenvalue weighted by Crippen LogP contribution is -2.40. The molecule has 6 heteroatoms. The van der Waals surface area contributed by atoms with E-state index >= 15 is 0 Å². The van der Waals surface area contributed by atoms with Crippen LogP contribution in [0.4, 0.5) is 0 Å². The van der Waals surface area contributed by atoms with E-state index in [0.717, 1.165) is 10.2 Å². The van der Waals surface area contributed by atoms with Gasteiger partial charge in [0.15, 0.2) is 11.5 Å². The third-order valence-corrected chi connectivity index (χ3v) is 4.05. The molecule has 1 heterocycles. The maximum absolute atomic E-state index is 12.2. The van der Waals surface area contributed by atoms with Crippen molar-refractivity contribution >= 4 is 33.4 Å². The van der Waals surface area contributed by atoms with Crippen LogP contribution in [-0.4, -0.2) is 25.2 Å². The highest BCUT2D eigenvalue weighted by molar-refractivity contribution is 9.10. The molecule has 0 aliphatic carbocycles. The van der Waals surface area contributed by atoms with Crippen LogP contribution in [0.3, 0.4) is 0 Å². The van der Waals surface area contributed by atoms with E-state index in [2.05, 4.69) is 21.2 Å². The topological polar surface area (TPSA) is 47.6 Å². The number of benzene rings is 2. The van der Waals surface area contributed by atoms with E-state index in [-0.39, 0.29) is 12.0 Å². The monoisotopic (exact) mass is 381 g/mol. The van der Waals surface area contributed by atoms with Gasteiger partial charge in [-0.25, -0.2) is 0 Å². The molecule has 0 bridgehead atoms. The molecule has 0 fully saturated rings. The van der Waals surface area contributed by atoms with Crippen molar-refractivity contribution < 1.29 is 14.3 Å². The van der Waals surface area contributed by atoms with Gasteiger partial charge in [-0.3, -0.25) is 4.79 Å². The molecule has 2 aromatic carbocycles. The number of hydrogen-bond acceptors (Lipinski definition) is 3. The van der Waals surface area contributed by atoms with Crippen molar-refractivity contribution in [2.45, 2.75) is 6.10 Å². The van der Waals surface area contributed by atoms with Crippen LogP contribution in [0.25, 0.3) is 0 Å². The fourth-order valence-electron chi connectivity index (χ4n) is 2.14. The van der Waals surface area contributed by atoms with Crippen molar-refractivity contribution in [2.24, 2.45) is 0 Å². The number of nitrogens with one attached hydrogen (secondary N) is 1. The first-order valence-electron chi connectivity index (χ1n) is 6.75. The summed E-state index contributed by atoms with van der Waals surface area (Å²) in [5.41, 5.74) is 0.424. The van der Waals surface area contributed by atoms with E-state index in [1.807, 2.05) is 24.3 Å². The molecule has 0 radical (unpaired) electrons. The third-order valence-electron chi connectivity index (χ3n) is 3.23. The smallest absolute Gasteiger partial charge is 0.252 e. The Bertz CT molecular complexity index is 708. The van der Waals surface area contributed by atoms with Crippen LogP contribution < -0.4 is 14.8 Å². The highest BCUT2D eigenvalue weighted by Gasteiger charge is 2.21. The van der Waals surface area contributed by atoms with E-state index in [9.17, 15) is 4.79 Å². The number of halogens is 2. The fourth-order valence-corrected chi connectivity index (χ4v) is 2.70. The molecule has 0 spiro atoms. The zero-order valence-corrected chi connectivity index (χ0v) is 13.9. The lowest BCUT2D eigenvalue weighted by molar-refractivity contribution is 0.0789. The minimum absolute atomic E-state index is 0.232. The van der Waals surface area contributed by atoms with Gasteiger partial charge in [-0.2, -0.15) is 0 Å². The fraction of sp³-hybridized carbons (Fsp3) is 0.188. The van der Waals surface area contributed by atoms with Crippen molar-refractivity contribution in [3.05, 3.63) is 57.5 Å². The standard InChI is InChI=1S/C16H13BrClNO3/c17-10-5-6-13(18)12(7-10)16(20)19-8-11-9-21-14-3-1-2-4-15(14)22-11/h1-7,11H,8-9H2,(H,19,20). The normalized spacial score (nSPS) is 16.2. The van der Waals surface area contributed by atoms with E-state index in [1.54, 1.807) is 18.2 Å². The molecule has 0 saturated heterocycles. The Kier molecular flexibility index (Phi) is 4.55. The van der Waals surface area contributed by atoms with Crippen LogP contribution in [0.2, 0.25) is 5.02 Å². The zero-order chi connectivity index (χ0) is 15.5. The number of amides is 1. The van der Waals surface area contributed by atoms with Crippen LogP contribution in [0.5, 0.6) is 11.5 Å². The first-order valence-corrected chi connectivity index (χ1v) is 7.92. The summed E-state index contributed by atoms with van der Waals surface area (Å²) in [4.78, 5) is 12.2. The Morgan fingerprint density at radius 3 is 2.86 bits per heavy atom. The second-order valence-electron chi connectivity index (χ2n) is 4.83. The van der Waals surface area contributed by atoms with Gasteiger partial charge in [-0.05, 0) is 30.3 Å². The third kappa shape index (κ3) is 3.36. The summed E-state index contributed by atoms with van der Waals surface area (Å²) in [7, 11) is 0. The average molecular weight is 383 g/mol. The number of rotatable bonds is 3. The van der Waals surface area contributed by atoms with Crippen molar-refractivity contribution in [3.63, 3.8) is 0 Å². The molecule has 3 rings (SSSR count). The van der Waals surface area contributed by atoms with Crippen molar-refractivity contribution in [1.82, 2.24) is 5.32 Å². The van der Waals surface area contributed by atoms with Crippen molar-refractivity contribution in [3.8, 4) is 11.5 Å². The number of carbonyl (C=O) groups is 1. The Balaban J connectivity index is 1.61. The zero-order valence-electron chi connectivity index (χ0n) is 11.5. The van der Waals surface area contributed by atoms with Gasteiger partial charge in [0.05, 0.1) is 17.1 Å². The first-order chi connectivity index (χ1) is 10.6. The molecule has 1 N–H and O–H groups in total. The largest absolute Gasteiger partial charge is 0.486 e. The molecule has 0 aromatic heterocycles. The molecule has 1 aliphatic heterocycles. The van der Waals surface area contributed by atoms with E-state index in [0.29, 0.717) is 29.5 Å². The minimum atomic E-state index is -0.242. The highest BCUT2D eigenvalue weighted by Crippen LogP contribution is 2.30. The van der Waals surface area contributed by atoms with Gasteiger partial charge in [-0.15, -0.1) is 0 Å². The number of para-hydroxylation sites is 2. The van der Waals surface area contributed by atoms with Crippen molar-refractivity contribution in [1.29, 1.82) is 0 Å². The van der Waals surface area contributed by atoms with Gasteiger partial charge in [-0.1, -0.05) is 39.7 Å². The predicted octanol–water partition coefficient (Wildman–Crippen LogP) is 3.67. The number of hydrogen-bond donors (Lipinski definition) is 1. The van der Waals surface area contributed by atoms with Gasteiger partial charge < -0.3 is 14.8 Å². The summed E-state index contributed by atoms with van der Waals surface area (Å²) in [5, 5.41) is 3.23. The summed E-state index contributed by atoms with van der Waals surface area (Å²) >= 11 is 9.37. The molecule has 1 aliphatic rings. The average Bonchev–Trinajstić information content (AvgIpc) is 2.54. The second kappa shape index (κ2) is 6.58. The summed E-state index contributed by atoms with van der Waals surface area (Å²) in [6.07, 6.45) is -0.232. The van der Waals surface area contributed by atoms with E-state index in [1.165, 1.54) is 0 Å². The van der Waals surface area contributed by atoms with Crippen molar-refractivity contribution in [2.75, 3.05) is 13.2 Å². The Hall–Kier alpha value is -1.72. The van der Waals surface area contributed by atoms with Crippen LogP contribution in [0, 0.1) is 0 Å². The molecule has 114 valence electrons. The molecular formula is C16H13BrClNO3. The molecular weight excluding hydrogens is 370 g/mol. The molecule has 0 saturated carbocycles. The van der Waals surface area contributed by atoms with Gasteiger partial charge >= 0.3 is 0 Å². The summed E-state index contributed by atoms with van der Waals surface area (Å²) < 4.78 is 12.2. The van der Waals surface area contributed by atoms with Gasteiger partial charge in [0.25, 0.3) is 5.91 Å². The molecule has 1 atom stereocenters. The van der Waals surface area contributed by atoms with Crippen LogP contribution in [0.15, 0.2) is 46.9 Å². The van der Waals surface area contributed by atoms with Crippen LogP contribution >= 0.6 is 27.5 Å². The van der Waals surface area contributed by atoms with Crippen LogP contribution in [0.1, 0.15) is 10.4 Å². The summed E-state index contributed by atoms with van der Waals surface area (Å²) in [6.45, 7) is 0.736. The number of fused-ring (bicyclic) bond motifs is 1. The van der Waals surface area contributed by atoms with Gasteiger partial charge in [0, 0.05) is 4.47 Å². The maximum atomic E-state index is 12.2. The first kappa shape index (κ1) is 15.2. The number of carbonyl (C=O) groups excluding carboxylic acids is 1. The van der Waals surface area contributed by atoms with E-state index < -0.39 is 0 Å². The molecule has 1 amide bonds. The van der Waals surface area contributed by atoms with Gasteiger partial charge in [0.1, 0.15) is 12.7 Å². The Morgan fingerprint density at radius 1 is 1.27 bits per heavy atom. The maximum Gasteiger partial charge on any atom is 0.252 e. The quantitative estimate of drug-likeness (QED) is 0.881. The minimum Gasteiger partial charge on any atom is -0.486 e. The SMILES string of the molecule is O=C(NCC1COc2ccccc2O1)c1cc(Br)ccc1Cl. The Labute approximate surface area is 141 Å². The van der Waals surface area contributed by atoms with Crippen LogP contribution in [-0.2, 0) is 0 Å². The molecule has 1 unspecified atom stereocenters. The summed E-state index contributed by atoms with van der Waals surface area (Å²) in [5.74, 6) is 1.17. The number of ether oxygens (including phenoxy) is 2. The lowest BCUT2D eigenvalue weighted by atomic mass is 10.2. The van der Waals surface area contributed by atoms with Gasteiger partial charge in [0.2, 0.25) is 0 Å². The lowest BCUT2D eigenvalue weighted by Gasteiger charge is -2.26. The van der Waals surface area contributed by atoms with E-state index in [4.69, 9.17) is 21.1 Å². The molecule has 4 nitrogen and oxygen atoms in total. The highest BCUT2D eigenvalue weighted by atomic mass is 79.9. The molecule has 2 aromatic rings. The second-order valence-corrected chi connectivity index (χ2v) is 6.15. The Morgan fingerprint density at radius 2 is 2.05 bits per heavy atom. The summed E-state index contributed by atoms with van der Waals surface area (Å²) in [6, 6.07) is 12.6.